The summed E-state index contributed by atoms with van der Waals surface area (Å²) in [5.41, 5.74) is 2.35. The Balaban J connectivity index is 2.18. The van der Waals surface area contributed by atoms with E-state index in [0.29, 0.717) is 17.2 Å². The number of carbonyl (C=O) groups is 1. The van der Waals surface area contributed by atoms with Gasteiger partial charge in [0.15, 0.2) is 5.16 Å². The van der Waals surface area contributed by atoms with E-state index >= 15 is 0 Å². The van der Waals surface area contributed by atoms with Gasteiger partial charge < -0.3 is 9.67 Å². The molecule has 122 valence electrons. The molecule has 0 atom stereocenters. The predicted octanol–water partition coefficient (Wildman–Crippen LogP) is 3.09. The molecule has 7 heteroatoms. The zero-order valence-electron chi connectivity index (χ0n) is 12.9. The van der Waals surface area contributed by atoms with E-state index in [1.165, 1.54) is 0 Å². The van der Waals surface area contributed by atoms with Crippen LogP contribution >= 0.6 is 23.1 Å². The van der Waals surface area contributed by atoms with Gasteiger partial charge in [-0.15, -0.1) is 11.3 Å². The largest absolute Gasteiger partial charge is 0.481 e. The van der Waals surface area contributed by atoms with Gasteiger partial charge in [-0.25, -0.2) is 4.98 Å². The number of nitrogens with zero attached hydrogens (tertiary/aromatic N) is 2. The topological polar surface area (TPSA) is 72.2 Å². The number of imidazole rings is 1. The molecule has 23 heavy (non-hydrogen) atoms. The molecule has 2 heterocycles. The quantitative estimate of drug-likeness (QED) is 0.663. The van der Waals surface area contributed by atoms with Crippen molar-refractivity contribution in [2.75, 3.05) is 5.75 Å². The van der Waals surface area contributed by atoms with Crippen molar-refractivity contribution in [1.82, 2.24) is 9.55 Å². The van der Waals surface area contributed by atoms with Crippen LogP contribution in [-0.2, 0) is 24.2 Å². The summed E-state index contributed by atoms with van der Waals surface area (Å²) in [6.45, 7) is 6.40. The second kappa shape index (κ2) is 6.49. The van der Waals surface area contributed by atoms with Crippen molar-refractivity contribution in [3.8, 4) is 0 Å². The lowest BCUT2D eigenvalue weighted by Gasteiger charge is -2.14. The smallest absolute Gasteiger partial charge is 0.313 e. The van der Waals surface area contributed by atoms with Crippen LogP contribution in [0.4, 0.5) is 0 Å². The highest BCUT2D eigenvalue weighted by Gasteiger charge is 2.22. The third-order valence-corrected chi connectivity index (χ3v) is 6.03. The first kappa shape index (κ1) is 16.3. The Morgan fingerprint density at radius 2 is 2.17 bits per heavy atom. The third kappa shape index (κ3) is 3.21. The maximum Gasteiger partial charge on any atom is 0.313 e. The van der Waals surface area contributed by atoms with Crippen molar-refractivity contribution >= 4 is 39.4 Å². The van der Waals surface area contributed by atoms with Crippen molar-refractivity contribution < 1.29 is 9.90 Å². The molecule has 0 bridgehead atoms. The van der Waals surface area contributed by atoms with E-state index in [9.17, 15) is 9.59 Å². The van der Waals surface area contributed by atoms with E-state index in [1.54, 1.807) is 11.3 Å². The number of hydrogen-bond donors (Lipinski definition) is 1. The van der Waals surface area contributed by atoms with Crippen molar-refractivity contribution in [3.05, 3.63) is 32.8 Å². The van der Waals surface area contributed by atoms with E-state index in [2.05, 4.69) is 11.6 Å². The Hall–Kier alpha value is -1.60. The molecule has 1 aliphatic rings. The molecule has 0 radical (unpaired) electrons. The molecule has 0 spiro atoms. The molecule has 0 unspecified atom stereocenters. The van der Waals surface area contributed by atoms with Gasteiger partial charge in [0, 0.05) is 17.0 Å². The first-order chi connectivity index (χ1) is 11.0. The SMILES string of the molecule is C=C(C)Cn1c(SCC(=O)O)nc2c(=O)c3c(sc21)CCCC3. The van der Waals surface area contributed by atoms with Crippen LogP contribution in [0, 0.1) is 0 Å². The summed E-state index contributed by atoms with van der Waals surface area (Å²) in [4.78, 5) is 30.1. The number of thioether (sulfide) groups is 1. The Bertz CT molecular complexity index is 851. The Morgan fingerprint density at radius 1 is 1.43 bits per heavy atom. The van der Waals surface area contributed by atoms with Crippen molar-refractivity contribution in [3.63, 3.8) is 0 Å². The van der Waals surface area contributed by atoms with Gasteiger partial charge in [-0.1, -0.05) is 23.9 Å². The van der Waals surface area contributed by atoms with Gasteiger partial charge >= 0.3 is 5.97 Å². The number of allylic oxidation sites excluding steroid dienone is 1. The monoisotopic (exact) mass is 350 g/mol. The Morgan fingerprint density at radius 3 is 2.87 bits per heavy atom. The molecule has 1 N–H and O–H groups in total. The van der Waals surface area contributed by atoms with Crippen LogP contribution in [0.15, 0.2) is 22.1 Å². The van der Waals surface area contributed by atoms with E-state index in [-0.39, 0.29) is 11.2 Å². The summed E-state index contributed by atoms with van der Waals surface area (Å²) in [7, 11) is 0. The van der Waals surface area contributed by atoms with Crippen LogP contribution in [0.5, 0.6) is 0 Å². The van der Waals surface area contributed by atoms with E-state index in [4.69, 9.17) is 5.11 Å². The molecule has 0 aliphatic heterocycles. The summed E-state index contributed by atoms with van der Waals surface area (Å²) < 4.78 is 1.94. The average molecular weight is 350 g/mol. The molecule has 0 saturated heterocycles. The lowest BCUT2D eigenvalue weighted by molar-refractivity contribution is -0.133. The predicted molar refractivity (Wildman–Crippen MR) is 93.7 cm³/mol. The maximum atomic E-state index is 12.7. The van der Waals surface area contributed by atoms with Gasteiger partial charge in [0.2, 0.25) is 5.43 Å². The van der Waals surface area contributed by atoms with Crippen LogP contribution in [-0.4, -0.2) is 26.4 Å². The van der Waals surface area contributed by atoms with Crippen LogP contribution in [0.25, 0.3) is 10.3 Å². The lowest BCUT2D eigenvalue weighted by atomic mass is 9.98. The molecule has 0 saturated carbocycles. The minimum atomic E-state index is -0.894. The first-order valence-corrected chi connectivity index (χ1v) is 9.31. The molecule has 3 rings (SSSR count). The van der Waals surface area contributed by atoms with Crippen molar-refractivity contribution in [2.45, 2.75) is 44.3 Å². The molecule has 0 amide bonds. The molecule has 1 aliphatic carbocycles. The van der Waals surface area contributed by atoms with E-state index in [0.717, 1.165) is 58.3 Å². The van der Waals surface area contributed by atoms with Crippen molar-refractivity contribution in [2.24, 2.45) is 0 Å². The van der Waals surface area contributed by atoms with Gasteiger partial charge in [0.25, 0.3) is 0 Å². The Kier molecular flexibility index (Phi) is 4.59. The second-order valence-electron chi connectivity index (χ2n) is 5.81. The summed E-state index contributed by atoms with van der Waals surface area (Å²) >= 11 is 2.78. The van der Waals surface area contributed by atoms with Gasteiger partial charge in [0.1, 0.15) is 10.3 Å². The molecule has 0 fully saturated rings. The highest BCUT2D eigenvalue weighted by molar-refractivity contribution is 7.99. The number of hydrogen-bond acceptors (Lipinski definition) is 5. The number of aryl methyl sites for hydroxylation is 1. The number of aromatic nitrogens is 2. The number of fused-ring (bicyclic) bond motifs is 2. The average Bonchev–Trinajstić information content (AvgIpc) is 2.83. The summed E-state index contributed by atoms with van der Waals surface area (Å²) in [5, 5.41) is 9.50. The minimum Gasteiger partial charge on any atom is -0.481 e. The standard InChI is InChI=1S/C16H18N2O3S2/c1-9(2)7-18-15-13(17-16(18)22-8-12(19)20)14(21)10-5-3-4-6-11(10)23-15/h1,3-8H2,2H3,(H,19,20). The Labute approximate surface area is 142 Å². The fourth-order valence-corrected chi connectivity index (χ4v) is 4.88. The number of aliphatic carboxylic acids is 1. The molecular weight excluding hydrogens is 332 g/mol. The van der Waals surface area contributed by atoms with Crippen LogP contribution in [0.1, 0.15) is 30.2 Å². The zero-order valence-corrected chi connectivity index (χ0v) is 14.6. The van der Waals surface area contributed by atoms with Gasteiger partial charge in [-0.3, -0.25) is 9.59 Å². The highest BCUT2D eigenvalue weighted by atomic mass is 32.2. The third-order valence-electron chi connectivity index (χ3n) is 3.77. The van der Waals surface area contributed by atoms with Crippen molar-refractivity contribution in [1.29, 1.82) is 0 Å². The van der Waals surface area contributed by atoms with E-state index < -0.39 is 5.97 Å². The normalized spacial score (nSPS) is 14.0. The van der Waals surface area contributed by atoms with E-state index in [1.807, 2.05) is 11.5 Å². The lowest BCUT2D eigenvalue weighted by Crippen LogP contribution is -2.15. The van der Waals surface area contributed by atoms with Gasteiger partial charge in [-0.2, -0.15) is 0 Å². The first-order valence-electron chi connectivity index (χ1n) is 7.51. The zero-order chi connectivity index (χ0) is 16.6. The molecule has 5 nitrogen and oxygen atoms in total. The van der Waals surface area contributed by atoms with Crippen LogP contribution in [0.3, 0.4) is 0 Å². The molecule has 0 aromatic carbocycles. The summed E-state index contributed by atoms with van der Waals surface area (Å²) in [6, 6.07) is 0. The fourth-order valence-electron chi connectivity index (χ4n) is 2.81. The summed E-state index contributed by atoms with van der Waals surface area (Å²) in [5.74, 6) is -0.966. The highest BCUT2D eigenvalue weighted by Crippen LogP contribution is 2.31. The van der Waals surface area contributed by atoms with Crippen LogP contribution in [0.2, 0.25) is 0 Å². The summed E-state index contributed by atoms with van der Waals surface area (Å²) in [6.07, 6.45) is 3.93. The number of rotatable bonds is 5. The number of carboxylic acids is 1. The molecular formula is C16H18N2O3S2. The second-order valence-corrected chi connectivity index (χ2v) is 7.84. The van der Waals surface area contributed by atoms with Gasteiger partial charge in [-0.05, 0) is 32.6 Å². The fraction of sp³-hybridized carbons (Fsp3) is 0.438. The van der Waals surface area contributed by atoms with Crippen LogP contribution < -0.4 is 5.43 Å². The number of carboxylic acid groups (broad SMARTS) is 1. The maximum absolute atomic E-state index is 12.7. The molecule has 2 aromatic heterocycles. The minimum absolute atomic E-state index is 0.0195. The van der Waals surface area contributed by atoms with Gasteiger partial charge in [0.05, 0.1) is 5.75 Å². The molecule has 2 aromatic rings.